The molecule has 1 saturated heterocycles. The first-order valence-corrected chi connectivity index (χ1v) is 9.53. The molecule has 1 fully saturated rings. The first kappa shape index (κ1) is 22.5. The molecule has 3 rings (SSSR count). The van der Waals surface area contributed by atoms with Crippen LogP contribution in [0.25, 0.3) is 0 Å². The summed E-state index contributed by atoms with van der Waals surface area (Å²) in [5.41, 5.74) is 2.06. The molecule has 1 aliphatic rings. The molecule has 0 aromatic heterocycles. The minimum Gasteiger partial charge on any atom is -0.496 e. The van der Waals surface area contributed by atoms with Crippen LogP contribution < -0.4 is 10.1 Å². The molecule has 1 N–H and O–H groups in total. The van der Waals surface area contributed by atoms with Crippen molar-refractivity contribution in [1.82, 2.24) is 15.1 Å². The molecule has 7 heteroatoms. The standard InChI is InChI=1S/C21H26ClN3O2.ClH/c1-24(14-16-7-3-6-10-20(16)27-2)21(26)15-25-12-11-23-13-19(25)17-8-4-5-9-18(17)22;/h3-10,19,23H,11-15H2,1-2H3;1H. The van der Waals surface area contributed by atoms with Gasteiger partial charge in [0, 0.05) is 49.9 Å². The fraction of sp³-hybridized carbons (Fsp3) is 0.381. The van der Waals surface area contributed by atoms with E-state index in [9.17, 15) is 4.79 Å². The number of ether oxygens (including phenoxy) is 1. The van der Waals surface area contributed by atoms with Gasteiger partial charge >= 0.3 is 0 Å². The third-order valence-electron chi connectivity index (χ3n) is 4.98. The van der Waals surface area contributed by atoms with Gasteiger partial charge in [-0.1, -0.05) is 48.0 Å². The predicted molar refractivity (Wildman–Crippen MR) is 115 cm³/mol. The number of hydrogen-bond acceptors (Lipinski definition) is 4. The smallest absolute Gasteiger partial charge is 0.236 e. The van der Waals surface area contributed by atoms with Gasteiger partial charge in [-0.25, -0.2) is 0 Å². The normalized spacial score (nSPS) is 16.9. The Hall–Kier alpha value is -1.79. The van der Waals surface area contributed by atoms with E-state index in [4.69, 9.17) is 16.3 Å². The quantitative estimate of drug-likeness (QED) is 0.773. The average Bonchev–Trinajstić information content (AvgIpc) is 2.69. The van der Waals surface area contributed by atoms with E-state index in [1.165, 1.54) is 0 Å². The number of para-hydroxylation sites is 1. The highest BCUT2D eigenvalue weighted by Crippen LogP contribution is 2.28. The second-order valence-corrected chi connectivity index (χ2v) is 7.18. The number of halogens is 2. The molecule has 0 spiro atoms. The van der Waals surface area contributed by atoms with E-state index >= 15 is 0 Å². The summed E-state index contributed by atoms with van der Waals surface area (Å²) in [7, 11) is 3.48. The fourth-order valence-corrected chi connectivity index (χ4v) is 3.72. The Morgan fingerprint density at radius 3 is 2.71 bits per heavy atom. The van der Waals surface area contributed by atoms with Gasteiger partial charge in [-0.2, -0.15) is 0 Å². The maximum absolute atomic E-state index is 12.9. The molecule has 5 nitrogen and oxygen atoms in total. The van der Waals surface area contributed by atoms with Crippen LogP contribution in [-0.2, 0) is 11.3 Å². The van der Waals surface area contributed by atoms with Gasteiger partial charge in [-0.3, -0.25) is 9.69 Å². The van der Waals surface area contributed by atoms with Gasteiger partial charge in [0.1, 0.15) is 5.75 Å². The second kappa shape index (κ2) is 10.7. The van der Waals surface area contributed by atoms with Gasteiger partial charge in [0.2, 0.25) is 5.91 Å². The SMILES string of the molecule is COc1ccccc1CN(C)C(=O)CN1CCNCC1c1ccccc1Cl.Cl. The van der Waals surface area contributed by atoms with Gasteiger partial charge in [0.25, 0.3) is 0 Å². The number of rotatable bonds is 6. The van der Waals surface area contributed by atoms with Gasteiger partial charge < -0.3 is 15.0 Å². The van der Waals surface area contributed by atoms with Crippen LogP contribution in [0.3, 0.4) is 0 Å². The lowest BCUT2D eigenvalue weighted by molar-refractivity contribution is -0.132. The number of benzene rings is 2. The van der Waals surface area contributed by atoms with E-state index in [1.54, 1.807) is 12.0 Å². The van der Waals surface area contributed by atoms with Crippen molar-refractivity contribution in [2.75, 3.05) is 40.3 Å². The number of carbonyl (C=O) groups excluding carboxylic acids is 1. The molecule has 2 aromatic rings. The summed E-state index contributed by atoms with van der Waals surface area (Å²) >= 11 is 6.40. The molecular weight excluding hydrogens is 397 g/mol. The number of amides is 1. The van der Waals surface area contributed by atoms with Crippen LogP contribution in [0, 0.1) is 0 Å². The highest BCUT2D eigenvalue weighted by Gasteiger charge is 2.27. The molecule has 2 aromatic carbocycles. The zero-order chi connectivity index (χ0) is 19.2. The summed E-state index contributed by atoms with van der Waals surface area (Å²) < 4.78 is 5.39. The molecule has 0 aliphatic carbocycles. The van der Waals surface area contributed by atoms with Crippen molar-refractivity contribution < 1.29 is 9.53 Å². The van der Waals surface area contributed by atoms with Gasteiger partial charge in [-0.05, 0) is 17.7 Å². The van der Waals surface area contributed by atoms with E-state index in [0.29, 0.717) is 13.1 Å². The Bertz CT molecular complexity index is 788. The Labute approximate surface area is 178 Å². The molecule has 1 amide bonds. The Morgan fingerprint density at radius 2 is 1.96 bits per heavy atom. The molecule has 28 heavy (non-hydrogen) atoms. The summed E-state index contributed by atoms with van der Waals surface area (Å²) in [4.78, 5) is 16.8. The third kappa shape index (κ3) is 5.39. The van der Waals surface area contributed by atoms with Crippen molar-refractivity contribution in [2.24, 2.45) is 0 Å². The van der Waals surface area contributed by atoms with Crippen molar-refractivity contribution in [2.45, 2.75) is 12.6 Å². The Balaban J connectivity index is 0.00000280. The average molecular weight is 424 g/mol. The van der Waals surface area contributed by atoms with Gasteiger partial charge in [0.05, 0.1) is 13.7 Å². The number of methoxy groups -OCH3 is 1. The molecule has 1 aliphatic heterocycles. The maximum Gasteiger partial charge on any atom is 0.236 e. The number of nitrogens with zero attached hydrogens (tertiary/aromatic N) is 2. The Kier molecular flexibility index (Phi) is 8.58. The predicted octanol–water partition coefficient (Wildman–Crippen LogP) is 3.38. The van der Waals surface area contributed by atoms with Crippen molar-refractivity contribution in [1.29, 1.82) is 0 Å². The number of piperazine rings is 1. The van der Waals surface area contributed by atoms with Crippen molar-refractivity contribution in [3.05, 3.63) is 64.7 Å². The van der Waals surface area contributed by atoms with Crippen LogP contribution >= 0.6 is 24.0 Å². The molecule has 1 heterocycles. The molecule has 0 saturated carbocycles. The van der Waals surface area contributed by atoms with E-state index < -0.39 is 0 Å². The number of nitrogens with one attached hydrogen (secondary N) is 1. The molecule has 152 valence electrons. The van der Waals surface area contributed by atoms with E-state index in [2.05, 4.69) is 10.2 Å². The molecule has 1 atom stereocenters. The topological polar surface area (TPSA) is 44.8 Å². The van der Waals surface area contributed by atoms with Gasteiger partial charge in [-0.15, -0.1) is 12.4 Å². The highest BCUT2D eigenvalue weighted by atomic mass is 35.5. The first-order valence-electron chi connectivity index (χ1n) is 9.15. The largest absolute Gasteiger partial charge is 0.496 e. The number of likely N-dealkylation sites (N-methyl/N-ethyl adjacent to an activating group) is 1. The Morgan fingerprint density at radius 1 is 1.25 bits per heavy atom. The zero-order valence-corrected chi connectivity index (χ0v) is 17.8. The minimum atomic E-state index is 0. The molecule has 0 bridgehead atoms. The minimum absolute atomic E-state index is 0. The lowest BCUT2D eigenvalue weighted by Crippen LogP contribution is -2.49. The highest BCUT2D eigenvalue weighted by molar-refractivity contribution is 6.31. The summed E-state index contributed by atoms with van der Waals surface area (Å²) in [6, 6.07) is 15.7. The zero-order valence-electron chi connectivity index (χ0n) is 16.2. The molecule has 1 unspecified atom stereocenters. The van der Waals surface area contributed by atoms with Crippen LogP contribution in [0.2, 0.25) is 5.02 Å². The van der Waals surface area contributed by atoms with Crippen LogP contribution in [0.4, 0.5) is 0 Å². The number of hydrogen-bond donors (Lipinski definition) is 1. The summed E-state index contributed by atoms with van der Waals surface area (Å²) in [5, 5.41) is 4.15. The molecular formula is C21H27Cl2N3O2. The van der Waals surface area contributed by atoms with Gasteiger partial charge in [0.15, 0.2) is 0 Å². The van der Waals surface area contributed by atoms with Crippen molar-refractivity contribution in [3.8, 4) is 5.75 Å². The van der Waals surface area contributed by atoms with E-state index in [1.807, 2.05) is 55.6 Å². The third-order valence-corrected chi connectivity index (χ3v) is 5.33. The summed E-state index contributed by atoms with van der Waals surface area (Å²) in [5.74, 6) is 0.883. The lowest BCUT2D eigenvalue weighted by atomic mass is 10.0. The summed E-state index contributed by atoms with van der Waals surface area (Å²) in [6.07, 6.45) is 0. The van der Waals surface area contributed by atoms with Crippen LogP contribution in [-0.4, -0.2) is 56.0 Å². The molecule has 0 radical (unpaired) electrons. The van der Waals surface area contributed by atoms with Crippen LogP contribution in [0.5, 0.6) is 5.75 Å². The summed E-state index contributed by atoms with van der Waals surface area (Å²) in [6.45, 7) is 3.34. The van der Waals surface area contributed by atoms with E-state index in [-0.39, 0.29) is 24.4 Å². The lowest BCUT2D eigenvalue weighted by Gasteiger charge is -2.37. The fourth-order valence-electron chi connectivity index (χ4n) is 3.46. The second-order valence-electron chi connectivity index (χ2n) is 6.77. The van der Waals surface area contributed by atoms with Crippen LogP contribution in [0.15, 0.2) is 48.5 Å². The first-order chi connectivity index (χ1) is 13.1. The van der Waals surface area contributed by atoms with E-state index in [0.717, 1.165) is 41.5 Å². The maximum atomic E-state index is 12.9. The number of carbonyl (C=O) groups is 1. The van der Waals surface area contributed by atoms with Crippen LogP contribution in [0.1, 0.15) is 17.2 Å². The van der Waals surface area contributed by atoms with Crippen molar-refractivity contribution in [3.63, 3.8) is 0 Å². The van der Waals surface area contributed by atoms with Crippen molar-refractivity contribution >= 4 is 29.9 Å². The monoisotopic (exact) mass is 423 g/mol.